The Labute approximate surface area is 216 Å². The molecule has 2 heterocycles. The third-order valence-corrected chi connectivity index (χ3v) is 6.51. The molecular weight excluding hydrogens is 542 g/mol. The van der Waals surface area contributed by atoms with Gasteiger partial charge in [-0.25, -0.2) is 8.78 Å². The van der Waals surface area contributed by atoms with Crippen molar-refractivity contribution >= 4 is 22.5 Å². The summed E-state index contributed by atoms with van der Waals surface area (Å²) in [5, 5.41) is -0.538. The number of nitrogen functional groups attached to an aromatic ring is 1. The first-order valence-corrected chi connectivity index (χ1v) is 11.8. The highest BCUT2D eigenvalue weighted by atomic mass is 19.4. The molecule has 0 aliphatic carbocycles. The number of carbonyl (C=O) groups is 1. The molecule has 1 fully saturated rings. The zero-order chi connectivity index (χ0) is 28.7. The van der Waals surface area contributed by atoms with E-state index in [9.17, 15) is 39.9 Å². The highest BCUT2D eigenvalue weighted by Crippen LogP contribution is 2.38. The second-order valence-corrected chi connectivity index (χ2v) is 9.15. The molecule has 1 aromatic heterocycles. The molecule has 1 amide bonds. The molecule has 14 heteroatoms. The smallest absolute Gasteiger partial charge is 0.405 e. The van der Waals surface area contributed by atoms with Gasteiger partial charge in [-0.2, -0.15) is 0 Å². The van der Waals surface area contributed by atoms with Crippen LogP contribution in [0.25, 0.3) is 10.9 Å². The van der Waals surface area contributed by atoms with Gasteiger partial charge in [0.2, 0.25) is 0 Å². The average molecular weight is 565 g/mol. The summed E-state index contributed by atoms with van der Waals surface area (Å²) < 4.78 is 115. The molecule has 6 nitrogen and oxygen atoms in total. The molecule has 0 saturated carbocycles. The SMILES string of the molecule is Cc1cc(N)cc(C2CCN(C(=O)c3cn(CCOC(F)(F)F)c4c(F)ccc(OC(F)(F)F)c34)CC2)c1F. The first-order chi connectivity index (χ1) is 18.1. The Kier molecular flexibility index (Phi) is 7.70. The number of alkyl halides is 6. The number of aryl methyl sites for hydroxylation is 1. The van der Waals surface area contributed by atoms with Gasteiger partial charge in [-0.3, -0.25) is 9.53 Å². The molecule has 4 rings (SSSR count). The van der Waals surface area contributed by atoms with Crippen molar-refractivity contribution in [3.8, 4) is 5.75 Å². The molecular formula is C25H23F8N3O3. The zero-order valence-electron chi connectivity index (χ0n) is 20.4. The fourth-order valence-electron chi connectivity index (χ4n) is 4.87. The minimum absolute atomic E-state index is 0.0887. The number of piperidine rings is 1. The molecule has 1 aliphatic rings. The minimum atomic E-state index is -5.19. The number of anilines is 1. The topological polar surface area (TPSA) is 69.7 Å². The lowest BCUT2D eigenvalue weighted by molar-refractivity contribution is -0.325. The van der Waals surface area contributed by atoms with Crippen LogP contribution < -0.4 is 10.5 Å². The van der Waals surface area contributed by atoms with Gasteiger partial charge < -0.3 is 19.9 Å². The maximum Gasteiger partial charge on any atom is 0.573 e. The molecule has 0 radical (unpaired) electrons. The van der Waals surface area contributed by atoms with E-state index in [4.69, 9.17) is 5.73 Å². The maximum atomic E-state index is 14.8. The second-order valence-electron chi connectivity index (χ2n) is 9.15. The monoisotopic (exact) mass is 565 g/mol. The predicted molar refractivity (Wildman–Crippen MR) is 124 cm³/mol. The van der Waals surface area contributed by atoms with Crippen molar-refractivity contribution in [1.29, 1.82) is 0 Å². The lowest BCUT2D eigenvalue weighted by Crippen LogP contribution is -2.38. The fourth-order valence-corrected chi connectivity index (χ4v) is 4.87. The number of hydrogen-bond acceptors (Lipinski definition) is 4. The fraction of sp³-hybridized carbons (Fsp3) is 0.400. The molecule has 212 valence electrons. The van der Waals surface area contributed by atoms with Crippen LogP contribution in [0, 0.1) is 18.6 Å². The predicted octanol–water partition coefficient (Wildman–Crippen LogP) is 6.26. The third-order valence-electron chi connectivity index (χ3n) is 6.51. The van der Waals surface area contributed by atoms with Gasteiger partial charge in [0.05, 0.1) is 23.1 Å². The number of ether oxygens (including phenoxy) is 2. The first-order valence-electron chi connectivity index (χ1n) is 11.8. The van der Waals surface area contributed by atoms with E-state index in [0.29, 0.717) is 41.8 Å². The van der Waals surface area contributed by atoms with Gasteiger partial charge in [-0.05, 0) is 61.1 Å². The first kappa shape index (κ1) is 28.5. The van der Waals surface area contributed by atoms with Gasteiger partial charge in [-0.1, -0.05) is 0 Å². The number of nitrogens with zero attached hydrogens (tertiary/aromatic N) is 2. The molecule has 0 spiro atoms. The number of amides is 1. The molecule has 39 heavy (non-hydrogen) atoms. The van der Waals surface area contributed by atoms with Crippen molar-refractivity contribution < 1.29 is 49.4 Å². The molecule has 2 N–H and O–H groups in total. The van der Waals surface area contributed by atoms with E-state index in [1.165, 1.54) is 17.0 Å². The highest BCUT2D eigenvalue weighted by Gasteiger charge is 2.35. The van der Waals surface area contributed by atoms with Gasteiger partial charge >= 0.3 is 12.7 Å². The minimum Gasteiger partial charge on any atom is -0.405 e. The van der Waals surface area contributed by atoms with E-state index < -0.39 is 60.1 Å². The largest absolute Gasteiger partial charge is 0.573 e. The quantitative estimate of drug-likeness (QED) is 0.283. The number of aromatic nitrogens is 1. The van der Waals surface area contributed by atoms with Gasteiger partial charge in [0.1, 0.15) is 17.4 Å². The number of hydrogen-bond donors (Lipinski definition) is 1. The summed E-state index contributed by atoms with van der Waals surface area (Å²) in [4.78, 5) is 14.8. The lowest BCUT2D eigenvalue weighted by Gasteiger charge is -2.32. The van der Waals surface area contributed by atoms with E-state index in [1.807, 2.05) is 0 Å². The van der Waals surface area contributed by atoms with Crippen LogP contribution in [0.15, 0.2) is 30.5 Å². The average Bonchev–Trinajstić information content (AvgIpc) is 3.22. The van der Waals surface area contributed by atoms with Gasteiger partial charge in [0, 0.05) is 31.5 Å². The Balaban J connectivity index is 1.66. The number of carbonyl (C=O) groups excluding carboxylic acids is 1. The molecule has 1 saturated heterocycles. The second kappa shape index (κ2) is 10.5. The highest BCUT2D eigenvalue weighted by molar-refractivity contribution is 6.09. The van der Waals surface area contributed by atoms with Crippen LogP contribution in [0.1, 0.15) is 40.2 Å². The number of benzene rings is 2. The number of fused-ring (bicyclic) bond motifs is 1. The van der Waals surface area contributed by atoms with Crippen LogP contribution in [-0.4, -0.2) is 47.8 Å². The van der Waals surface area contributed by atoms with Crippen LogP contribution in [0.5, 0.6) is 5.75 Å². The Morgan fingerprint density at radius 3 is 2.33 bits per heavy atom. The van der Waals surface area contributed by atoms with Crippen LogP contribution in [0.2, 0.25) is 0 Å². The standard InChI is InChI=1S/C25H23F8N3O3/c1-13-10-15(34)11-16(21(13)27)14-4-6-35(7-5-14)23(37)17-12-36(8-9-38-24(28,29)30)22-18(26)2-3-19(20(17)22)39-25(31,32)33/h2-3,10-12,14H,4-9,34H2,1H3. The summed E-state index contributed by atoms with van der Waals surface area (Å²) in [5.41, 5.74) is 6.05. The van der Waals surface area contributed by atoms with Crippen molar-refractivity contribution in [3.05, 3.63) is 58.8 Å². The van der Waals surface area contributed by atoms with E-state index in [0.717, 1.165) is 10.8 Å². The summed E-state index contributed by atoms with van der Waals surface area (Å²) in [6, 6.07) is 4.36. The Morgan fingerprint density at radius 2 is 1.72 bits per heavy atom. The molecule has 0 unspecified atom stereocenters. The summed E-state index contributed by atoms with van der Waals surface area (Å²) in [6.07, 6.45) is -8.58. The van der Waals surface area contributed by atoms with Crippen molar-refractivity contribution in [1.82, 2.24) is 9.47 Å². The molecule has 3 aromatic rings. The normalized spacial score (nSPS) is 15.3. The third kappa shape index (κ3) is 6.37. The van der Waals surface area contributed by atoms with Crippen molar-refractivity contribution in [3.63, 3.8) is 0 Å². The van der Waals surface area contributed by atoms with Crippen LogP contribution in [-0.2, 0) is 11.3 Å². The molecule has 0 bridgehead atoms. The maximum absolute atomic E-state index is 14.8. The molecule has 0 atom stereocenters. The van der Waals surface area contributed by atoms with E-state index in [2.05, 4.69) is 9.47 Å². The summed E-state index contributed by atoms with van der Waals surface area (Å²) in [7, 11) is 0. The van der Waals surface area contributed by atoms with Crippen molar-refractivity contribution in [2.75, 3.05) is 25.4 Å². The number of halogens is 8. The number of likely N-dealkylation sites (tertiary alicyclic amines) is 1. The summed E-state index contributed by atoms with van der Waals surface area (Å²) in [6.45, 7) is 0.146. The Morgan fingerprint density at radius 1 is 1.05 bits per heavy atom. The van der Waals surface area contributed by atoms with Crippen LogP contribution in [0.3, 0.4) is 0 Å². The van der Waals surface area contributed by atoms with Crippen molar-refractivity contribution in [2.45, 2.75) is 45.0 Å². The molecule has 2 aromatic carbocycles. The lowest BCUT2D eigenvalue weighted by atomic mass is 9.87. The van der Waals surface area contributed by atoms with E-state index >= 15 is 0 Å². The Hall–Kier alpha value is -3.55. The van der Waals surface area contributed by atoms with Crippen LogP contribution in [0.4, 0.5) is 40.8 Å². The molecule has 1 aliphatic heterocycles. The Bertz CT molecular complexity index is 1380. The van der Waals surface area contributed by atoms with Gasteiger partial charge in [0.25, 0.3) is 5.91 Å². The van der Waals surface area contributed by atoms with Crippen molar-refractivity contribution in [2.24, 2.45) is 0 Å². The summed E-state index contributed by atoms with van der Waals surface area (Å²) in [5.74, 6) is -3.43. The van der Waals surface area contributed by atoms with Gasteiger partial charge in [0.15, 0.2) is 0 Å². The van der Waals surface area contributed by atoms with Crippen LogP contribution >= 0.6 is 0 Å². The van der Waals surface area contributed by atoms with E-state index in [1.54, 1.807) is 6.92 Å². The summed E-state index contributed by atoms with van der Waals surface area (Å²) >= 11 is 0. The van der Waals surface area contributed by atoms with E-state index in [-0.39, 0.29) is 24.6 Å². The number of nitrogens with two attached hydrogens (primary N) is 1. The zero-order valence-corrected chi connectivity index (χ0v) is 20.4. The number of rotatable bonds is 6. The van der Waals surface area contributed by atoms with Gasteiger partial charge in [-0.15, -0.1) is 26.3 Å².